The van der Waals surface area contributed by atoms with Crippen LogP contribution in [-0.4, -0.2) is 154 Å². The molecule has 3 rings (SSSR count). The molecule has 0 aliphatic carbocycles. The van der Waals surface area contributed by atoms with Crippen LogP contribution in [0.15, 0.2) is 0 Å². The number of nitrogens with zero attached hydrogens (tertiary/aromatic N) is 4. The third kappa shape index (κ3) is 15.5. The second kappa shape index (κ2) is 15.2. The van der Waals surface area contributed by atoms with Crippen molar-refractivity contribution in [1.82, 2.24) is 19.6 Å². The van der Waals surface area contributed by atoms with Crippen molar-refractivity contribution in [3.63, 3.8) is 0 Å². The predicted octanol–water partition coefficient (Wildman–Crippen LogP) is -0.816. The molecule has 0 saturated carbocycles. The van der Waals surface area contributed by atoms with Gasteiger partial charge in [0, 0.05) is 52.4 Å². The van der Waals surface area contributed by atoms with Gasteiger partial charge in [-0.1, -0.05) is 0 Å². The molecule has 0 aromatic heterocycles. The summed E-state index contributed by atoms with van der Waals surface area (Å²) in [6, 6.07) is 0. The minimum absolute atomic E-state index is 0.0527. The van der Waals surface area contributed by atoms with Crippen molar-refractivity contribution in [3.05, 3.63) is 0 Å². The Morgan fingerprint density at radius 3 is 1.24 bits per heavy atom. The lowest BCUT2D eigenvalue weighted by Gasteiger charge is -2.37. The van der Waals surface area contributed by atoms with Gasteiger partial charge in [-0.2, -0.15) is 26.3 Å². The monoisotopic (exact) mass is 556 g/mol. The number of piperazine rings is 1. The number of fused-ring (bicyclic) bond motifs is 9. The van der Waals surface area contributed by atoms with Gasteiger partial charge in [0.25, 0.3) is 0 Å². The van der Waals surface area contributed by atoms with Crippen LogP contribution in [0.25, 0.3) is 0 Å². The van der Waals surface area contributed by atoms with Crippen LogP contribution in [0, 0.1) is 0 Å². The summed E-state index contributed by atoms with van der Waals surface area (Å²) < 4.78 is 63.5. The number of rotatable bonds is 4. The van der Waals surface area contributed by atoms with Crippen molar-refractivity contribution in [1.29, 1.82) is 0 Å². The third-order valence-corrected chi connectivity index (χ3v) is 4.75. The van der Waals surface area contributed by atoms with Crippen molar-refractivity contribution in [2.75, 3.05) is 72.0 Å². The summed E-state index contributed by atoms with van der Waals surface area (Å²) in [5.41, 5.74) is 0. The fraction of sp³-hybridized carbons (Fsp3) is 0.722. The Labute approximate surface area is 205 Å². The zero-order valence-corrected chi connectivity index (χ0v) is 19.2. The van der Waals surface area contributed by atoms with Gasteiger partial charge in [-0.15, -0.1) is 0 Å². The average Bonchev–Trinajstić information content (AvgIpc) is 2.72. The lowest BCUT2D eigenvalue weighted by atomic mass is 10.2. The van der Waals surface area contributed by atoms with Crippen LogP contribution in [0.3, 0.4) is 0 Å². The molecule has 13 nitrogen and oxygen atoms in total. The Morgan fingerprint density at radius 2 is 0.919 bits per heavy atom. The minimum atomic E-state index is -5.08. The molecule has 1 unspecified atom stereocenters. The fourth-order valence-electron chi connectivity index (χ4n) is 2.93. The van der Waals surface area contributed by atoms with Crippen LogP contribution in [-0.2, 0) is 24.0 Å². The normalized spacial score (nSPS) is 19.8. The van der Waals surface area contributed by atoms with E-state index in [1.54, 1.807) is 14.7 Å². The SMILES string of the molecule is O=C(O)C(F)(F)F.O=C(O)C(F)(F)F.O=C(O)CN1CCN(CC(=O)O)CCN2CCN(CC1)CC2=O. The van der Waals surface area contributed by atoms with E-state index in [4.69, 9.17) is 30.0 Å². The van der Waals surface area contributed by atoms with Gasteiger partial charge >= 0.3 is 36.2 Å². The average molecular weight is 556 g/mol. The van der Waals surface area contributed by atoms with Gasteiger partial charge in [-0.25, -0.2) is 9.59 Å². The van der Waals surface area contributed by atoms with Crippen molar-refractivity contribution in [2.24, 2.45) is 0 Å². The third-order valence-electron chi connectivity index (χ3n) is 4.75. The maximum Gasteiger partial charge on any atom is 0.490 e. The molecule has 3 heterocycles. The Balaban J connectivity index is 0.000000761. The molecule has 0 aromatic carbocycles. The van der Waals surface area contributed by atoms with E-state index >= 15 is 0 Å². The number of alkyl halides is 6. The van der Waals surface area contributed by atoms with Gasteiger partial charge in [0.15, 0.2) is 0 Å². The number of carbonyl (C=O) groups is 5. The number of aliphatic carboxylic acids is 4. The highest BCUT2D eigenvalue weighted by Crippen LogP contribution is 2.13. The van der Waals surface area contributed by atoms with Gasteiger partial charge in [0.2, 0.25) is 5.91 Å². The summed E-state index contributed by atoms with van der Waals surface area (Å²) in [6.07, 6.45) is -10.2. The van der Waals surface area contributed by atoms with E-state index < -0.39 is 36.2 Å². The van der Waals surface area contributed by atoms with E-state index in [2.05, 4.69) is 0 Å². The molecule has 214 valence electrons. The van der Waals surface area contributed by atoms with E-state index in [9.17, 15) is 40.7 Å². The molecule has 2 bridgehead atoms. The van der Waals surface area contributed by atoms with Crippen LogP contribution in [0.1, 0.15) is 0 Å². The minimum Gasteiger partial charge on any atom is -0.480 e. The summed E-state index contributed by atoms with van der Waals surface area (Å²) in [6.45, 7) is 4.75. The summed E-state index contributed by atoms with van der Waals surface area (Å²) in [7, 11) is 0. The number of amides is 1. The van der Waals surface area contributed by atoms with Crippen molar-refractivity contribution >= 4 is 29.8 Å². The van der Waals surface area contributed by atoms with Crippen LogP contribution in [0.2, 0.25) is 0 Å². The number of halogens is 6. The van der Waals surface area contributed by atoms with Gasteiger partial charge < -0.3 is 25.3 Å². The van der Waals surface area contributed by atoms with Crippen molar-refractivity contribution in [3.8, 4) is 0 Å². The highest BCUT2D eigenvalue weighted by molar-refractivity contribution is 5.79. The zero-order valence-electron chi connectivity index (χ0n) is 19.2. The van der Waals surface area contributed by atoms with Gasteiger partial charge in [0.1, 0.15) is 0 Å². The molecule has 1 amide bonds. The van der Waals surface area contributed by atoms with Gasteiger partial charge in [-0.05, 0) is 0 Å². The summed E-state index contributed by atoms with van der Waals surface area (Å²) in [5, 5.41) is 32.3. The van der Waals surface area contributed by atoms with Gasteiger partial charge in [0.05, 0.1) is 19.6 Å². The van der Waals surface area contributed by atoms with Gasteiger partial charge in [-0.3, -0.25) is 29.1 Å². The molecule has 0 aromatic rings. The molecule has 0 radical (unpaired) electrons. The van der Waals surface area contributed by atoms with Crippen LogP contribution < -0.4 is 0 Å². The smallest absolute Gasteiger partial charge is 0.480 e. The van der Waals surface area contributed by atoms with Crippen LogP contribution in [0.5, 0.6) is 0 Å². The summed E-state index contributed by atoms with van der Waals surface area (Å²) >= 11 is 0. The lowest BCUT2D eigenvalue weighted by Crippen LogP contribution is -2.55. The number of carbonyl (C=O) groups excluding carboxylic acids is 1. The molecule has 4 N–H and O–H groups in total. The number of carboxylic acids is 4. The molecular weight excluding hydrogens is 530 g/mol. The first-order valence-corrected chi connectivity index (χ1v) is 10.3. The Hall–Kier alpha value is -3.19. The maximum absolute atomic E-state index is 12.1. The number of carboxylic acid groups (broad SMARTS) is 4. The molecular formula is C18H26F6N4O9. The first-order chi connectivity index (χ1) is 16.8. The Morgan fingerprint density at radius 1 is 0.622 bits per heavy atom. The van der Waals surface area contributed by atoms with E-state index in [0.29, 0.717) is 52.4 Å². The summed E-state index contributed by atoms with van der Waals surface area (Å²) in [4.78, 5) is 59.3. The largest absolute Gasteiger partial charge is 0.490 e. The van der Waals surface area contributed by atoms with Crippen molar-refractivity contribution in [2.45, 2.75) is 12.4 Å². The topological polar surface area (TPSA) is 179 Å². The summed E-state index contributed by atoms with van der Waals surface area (Å²) in [5.74, 6) is -7.28. The van der Waals surface area contributed by atoms with E-state index in [-0.39, 0.29) is 19.0 Å². The zero-order chi connectivity index (χ0) is 29.0. The Kier molecular flexibility index (Phi) is 13.8. The molecule has 19 heteroatoms. The lowest BCUT2D eigenvalue weighted by molar-refractivity contribution is -0.193. The van der Waals surface area contributed by atoms with E-state index in [1.165, 1.54) is 0 Å². The highest BCUT2D eigenvalue weighted by atomic mass is 19.4. The van der Waals surface area contributed by atoms with Crippen molar-refractivity contribution < 1.29 is 70.7 Å². The standard InChI is InChI=1S/C14H24N4O5.2C2HF3O2/c19-12-9-15-1-2-16(10-13(20)21)3-4-17(11-14(22)23)6-8-18(12)7-5-15;2*3-2(4,5)1(6)7/h1-11H2,(H,20,21)(H,22,23);2*(H,6,7). The fourth-order valence-corrected chi connectivity index (χ4v) is 2.93. The number of hydrogen-bond acceptors (Lipinski definition) is 8. The first-order valence-electron chi connectivity index (χ1n) is 10.3. The Bertz CT molecular complexity index is 786. The first kappa shape index (κ1) is 33.8. The molecule has 3 aliphatic heterocycles. The molecule has 0 spiro atoms. The highest BCUT2D eigenvalue weighted by Gasteiger charge is 2.38. The maximum atomic E-state index is 12.1. The molecule has 3 aliphatic rings. The van der Waals surface area contributed by atoms with E-state index in [0.717, 1.165) is 6.54 Å². The van der Waals surface area contributed by atoms with Crippen LogP contribution in [0.4, 0.5) is 26.3 Å². The van der Waals surface area contributed by atoms with Crippen LogP contribution >= 0.6 is 0 Å². The molecule has 3 fully saturated rings. The quantitative estimate of drug-likeness (QED) is 0.317. The second-order valence-electron chi connectivity index (χ2n) is 7.60. The predicted molar refractivity (Wildman–Crippen MR) is 109 cm³/mol. The molecule has 1 atom stereocenters. The molecule has 3 saturated heterocycles. The molecule has 37 heavy (non-hydrogen) atoms. The number of hydrogen-bond donors (Lipinski definition) is 4. The van der Waals surface area contributed by atoms with E-state index in [1.807, 2.05) is 4.90 Å². The second-order valence-corrected chi connectivity index (χ2v) is 7.60.